The van der Waals surface area contributed by atoms with Crippen molar-refractivity contribution < 1.29 is 14.4 Å². The summed E-state index contributed by atoms with van der Waals surface area (Å²) < 4.78 is 12.2. The van der Waals surface area contributed by atoms with Crippen LogP contribution in [0.15, 0.2) is 47.3 Å². The quantitative estimate of drug-likeness (QED) is 0.460. The number of methoxy groups -OCH3 is 1. The lowest BCUT2D eigenvalue weighted by atomic mass is 10.1. The summed E-state index contributed by atoms with van der Waals surface area (Å²) in [5.74, 6) is 1.33. The highest BCUT2D eigenvalue weighted by Gasteiger charge is 2.38. The maximum absolute atomic E-state index is 13.6. The molecule has 160 valence electrons. The fraction of sp³-hybridized carbons (Fsp3) is 0.364. The monoisotopic (exact) mass is 422 g/mol. The standard InChI is InChI=1S/C22H22N4O5/c1-30-17-7-4-14(5-8-17)25-21(20-3-2-10-24(20)16-12-31-13-16)23-19-9-6-15(26(28)29)11-18(19)22(25)27/h4-9,11,16,20H,2-3,10,12-13H2,1H3. The van der Waals surface area contributed by atoms with Crippen LogP contribution in [-0.4, -0.2) is 52.3 Å². The molecule has 31 heavy (non-hydrogen) atoms. The van der Waals surface area contributed by atoms with Gasteiger partial charge in [0, 0.05) is 12.1 Å². The summed E-state index contributed by atoms with van der Waals surface area (Å²) in [6.45, 7) is 2.29. The molecule has 2 fully saturated rings. The molecule has 2 saturated heterocycles. The average Bonchev–Trinajstić information content (AvgIpc) is 3.21. The molecule has 1 unspecified atom stereocenters. The molecule has 2 aromatic carbocycles. The van der Waals surface area contributed by atoms with Crippen molar-refractivity contribution in [3.8, 4) is 11.4 Å². The first kappa shape index (κ1) is 19.7. The number of hydrogen-bond acceptors (Lipinski definition) is 7. The zero-order valence-electron chi connectivity index (χ0n) is 17.1. The molecule has 0 bridgehead atoms. The Bertz CT molecular complexity index is 1200. The molecule has 3 aromatic rings. The minimum Gasteiger partial charge on any atom is -0.497 e. The Morgan fingerprint density at radius 3 is 2.61 bits per heavy atom. The summed E-state index contributed by atoms with van der Waals surface area (Å²) in [6.07, 6.45) is 1.90. The van der Waals surface area contributed by atoms with Crippen LogP contribution in [0, 0.1) is 10.1 Å². The first-order chi connectivity index (χ1) is 15.1. The van der Waals surface area contributed by atoms with E-state index < -0.39 is 4.92 Å². The molecule has 2 aliphatic rings. The number of ether oxygens (including phenoxy) is 2. The summed E-state index contributed by atoms with van der Waals surface area (Å²) in [5.41, 5.74) is 0.672. The average molecular weight is 422 g/mol. The van der Waals surface area contributed by atoms with Gasteiger partial charge in [0.1, 0.15) is 11.6 Å². The lowest BCUT2D eigenvalue weighted by Gasteiger charge is -2.38. The maximum Gasteiger partial charge on any atom is 0.270 e. The van der Waals surface area contributed by atoms with Gasteiger partial charge >= 0.3 is 0 Å². The van der Waals surface area contributed by atoms with Gasteiger partial charge in [-0.25, -0.2) is 4.98 Å². The van der Waals surface area contributed by atoms with Crippen LogP contribution in [0.4, 0.5) is 5.69 Å². The summed E-state index contributed by atoms with van der Waals surface area (Å²) in [4.78, 5) is 31.6. The molecule has 0 amide bonds. The van der Waals surface area contributed by atoms with Gasteiger partial charge in [0.05, 0.1) is 53.9 Å². The van der Waals surface area contributed by atoms with Crippen molar-refractivity contribution in [1.82, 2.24) is 14.5 Å². The van der Waals surface area contributed by atoms with Crippen molar-refractivity contribution >= 4 is 16.6 Å². The first-order valence-corrected chi connectivity index (χ1v) is 10.3. The molecule has 9 heteroatoms. The highest BCUT2D eigenvalue weighted by atomic mass is 16.6. The lowest BCUT2D eigenvalue weighted by Crippen LogP contribution is -2.49. The molecule has 3 heterocycles. The van der Waals surface area contributed by atoms with Gasteiger partial charge in [-0.3, -0.25) is 24.4 Å². The third-order valence-corrected chi connectivity index (χ3v) is 6.10. The second-order valence-corrected chi connectivity index (χ2v) is 7.85. The second-order valence-electron chi connectivity index (χ2n) is 7.85. The Morgan fingerprint density at radius 1 is 1.19 bits per heavy atom. The Hall–Kier alpha value is -3.30. The molecule has 0 spiro atoms. The van der Waals surface area contributed by atoms with Crippen LogP contribution in [0.1, 0.15) is 24.7 Å². The third-order valence-electron chi connectivity index (χ3n) is 6.10. The van der Waals surface area contributed by atoms with Gasteiger partial charge in [-0.1, -0.05) is 0 Å². The van der Waals surface area contributed by atoms with Crippen LogP contribution < -0.4 is 10.3 Å². The highest BCUT2D eigenvalue weighted by Crippen LogP contribution is 2.35. The Balaban J connectivity index is 1.73. The molecule has 0 radical (unpaired) electrons. The largest absolute Gasteiger partial charge is 0.497 e. The Kier molecular flexibility index (Phi) is 4.91. The van der Waals surface area contributed by atoms with Gasteiger partial charge < -0.3 is 9.47 Å². The van der Waals surface area contributed by atoms with Crippen molar-refractivity contribution in [1.29, 1.82) is 0 Å². The van der Waals surface area contributed by atoms with E-state index in [2.05, 4.69) is 4.90 Å². The second kappa shape index (κ2) is 7.75. The molecule has 5 rings (SSSR count). The van der Waals surface area contributed by atoms with E-state index >= 15 is 0 Å². The Morgan fingerprint density at radius 2 is 1.97 bits per heavy atom. The molecular weight excluding hydrogens is 400 g/mol. The lowest BCUT2D eigenvalue weighted by molar-refractivity contribution is -0.384. The van der Waals surface area contributed by atoms with Gasteiger partial charge in [-0.15, -0.1) is 0 Å². The van der Waals surface area contributed by atoms with E-state index in [1.165, 1.54) is 12.1 Å². The molecule has 0 N–H and O–H groups in total. The van der Waals surface area contributed by atoms with Gasteiger partial charge in [0.15, 0.2) is 0 Å². The normalized spacial score (nSPS) is 19.5. The summed E-state index contributed by atoms with van der Waals surface area (Å²) in [7, 11) is 1.58. The number of aromatic nitrogens is 2. The van der Waals surface area contributed by atoms with E-state index in [4.69, 9.17) is 14.5 Å². The molecule has 0 saturated carbocycles. The van der Waals surface area contributed by atoms with E-state index in [1.807, 2.05) is 0 Å². The number of benzene rings is 2. The minimum atomic E-state index is -0.500. The number of nitrogens with zero attached hydrogens (tertiary/aromatic N) is 4. The van der Waals surface area contributed by atoms with Crippen LogP contribution in [0.2, 0.25) is 0 Å². The van der Waals surface area contributed by atoms with Gasteiger partial charge in [0.2, 0.25) is 0 Å². The van der Waals surface area contributed by atoms with Crippen molar-refractivity contribution in [2.75, 3.05) is 26.9 Å². The van der Waals surface area contributed by atoms with E-state index in [1.54, 1.807) is 42.0 Å². The number of nitro groups is 1. The summed E-state index contributed by atoms with van der Waals surface area (Å²) in [6, 6.07) is 11.7. The van der Waals surface area contributed by atoms with Crippen LogP contribution in [-0.2, 0) is 4.74 Å². The third kappa shape index (κ3) is 3.35. The van der Waals surface area contributed by atoms with Crippen LogP contribution >= 0.6 is 0 Å². The predicted molar refractivity (Wildman–Crippen MR) is 114 cm³/mol. The molecule has 9 nitrogen and oxygen atoms in total. The number of likely N-dealkylation sites (tertiary alicyclic amines) is 1. The maximum atomic E-state index is 13.6. The molecule has 2 aliphatic heterocycles. The van der Waals surface area contributed by atoms with Crippen molar-refractivity contribution in [3.05, 3.63) is 68.8 Å². The van der Waals surface area contributed by atoms with Crippen LogP contribution in [0.5, 0.6) is 5.75 Å². The molecule has 1 atom stereocenters. The van der Waals surface area contributed by atoms with Crippen molar-refractivity contribution in [2.45, 2.75) is 24.9 Å². The highest BCUT2D eigenvalue weighted by molar-refractivity contribution is 5.80. The number of rotatable bonds is 5. The Labute approximate surface area is 178 Å². The zero-order chi connectivity index (χ0) is 21.5. The van der Waals surface area contributed by atoms with E-state index in [0.29, 0.717) is 42.0 Å². The van der Waals surface area contributed by atoms with Gasteiger partial charge in [-0.05, 0) is 49.7 Å². The number of hydrogen-bond donors (Lipinski definition) is 0. The number of fused-ring (bicyclic) bond motifs is 1. The first-order valence-electron chi connectivity index (χ1n) is 10.3. The van der Waals surface area contributed by atoms with E-state index in [-0.39, 0.29) is 22.7 Å². The predicted octanol–water partition coefficient (Wildman–Crippen LogP) is 2.84. The summed E-state index contributed by atoms with van der Waals surface area (Å²) >= 11 is 0. The van der Waals surface area contributed by atoms with Crippen molar-refractivity contribution in [3.63, 3.8) is 0 Å². The van der Waals surface area contributed by atoms with Crippen LogP contribution in [0.3, 0.4) is 0 Å². The molecular formula is C22H22N4O5. The molecule has 0 aliphatic carbocycles. The SMILES string of the molecule is COc1ccc(-n2c(C3CCCN3C3COC3)nc3ccc([N+](=O)[O-])cc3c2=O)cc1. The van der Waals surface area contributed by atoms with E-state index in [9.17, 15) is 14.9 Å². The van der Waals surface area contributed by atoms with Crippen LogP contribution in [0.25, 0.3) is 16.6 Å². The summed E-state index contributed by atoms with van der Waals surface area (Å²) in [5, 5.41) is 11.5. The van der Waals surface area contributed by atoms with Gasteiger partial charge in [-0.2, -0.15) is 0 Å². The van der Waals surface area contributed by atoms with E-state index in [0.717, 1.165) is 19.4 Å². The van der Waals surface area contributed by atoms with Crippen molar-refractivity contribution in [2.24, 2.45) is 0 Å². The van der Waals surface area contributed by atoms with Gasteiger partial charge in [0.25, 0.3) is 11.2 Å². The smallest absolute Gasteiger partial charge is 0.270 e. The number of non-ortho nitro benzene ring substituents is 1. The fourth-order valence-corrected chi connectivity index (χ4v) is 4.43. The fourth-order valence-electron chi connectivity index (χ4n) is 4.43. The number of nitro benzene ring substituents is 1. The minimum absolute atomic E-state index is 0.0247. The topological polar surface area (TPSA) is 99.7 Å². The molecule has 1 aromatic heterocycles. The zero-order valence-corrected chi connectivity index (χ0v) is 17.1.